The molecule has 2 atom stereocenters. The molecule has 0 aromatic carbocycles. The third-order valence-electron chi connectivity index (χ3n) is 14.0. The average Bonchev–Trinajstić information content (AvgIpc) is 3.33. The van der Waals surface area contributed by atoms with Crippen LogP contribution in [0.15, 0.2) is 24.3 Å². The SMILES string of the molecule is CCCCCCCCCCCCCCCCCCC/C=C/C(O)C(CO)NC(=O)CCCCC/C=C\CCCCCCCCOC(=O)CCCCCCCCCCCCCCCCCCCC. The maximum absolute atomic E-state index is 12.5. The van der Waals surface area contributed by atoms with Crippen LogP contribution >= 0.6 is 0 Å². The fourth-order valence-electron chi connectivity index (χ4n) is 9.34. The number of amides is 1. The molecule has 396 valence electrons. The summed E-state index contributed by atoms with van der Waals surface area (Å²) in [5.74, 6) is -0.104. The van der Waals surface area contributed by atoms with Crippen LogP contribution in [0.5, 0.6) is 0 Å². The van der Waals surface area contributed by atoms with Gasteiger partial charge in [-0.05, 0) is 57.8 Å². The van der Waals surface area contributed by atoms with Gasteiger partial charge in [0.1, 0.15) is 0 Å². The molecule has 0 radical (unpaired) electrons. The monoisotopic (exact) mass is 944 g/mol. The van der Waals surface area contributed by atoms with Crippen LogP contribution in [-0.4, -0.2) is 47.4 Å². The van der Waals surface area contributed by atoms with Gasteiger partial charge in [0.2, 0.25) is 5.91 Å². The first-order chi connectivity index (χ1) is 33.0. The molecule has 0 spiro atoms. The number of carbonyl (C=O) groups is 2. The lowest BCUT2D eigenvalue weighted by molar-refractivity contribution is -0.143. The van der Waals surface area contributed by atoms with Gasteiger partial charge in [-0.2, -0.15) is 0 Å². The molecule has 0 aliphatic rings. The zero-order valence-electron chi connectivity index (χ0n) is 45.1. The van der Waals surface area contributed by atoms with Gasteiger partial charge in [-0.3, -0.25) is 9.59 Å². The number of ether oxygens (including phenoxy) is 1. The maximum atomic E-state index is 12.5. The Hall–Kier alpha value is -1.66. The zero-order chi connectivity index (χ0) is 48.6. The number of esters is 1. The van der Waals surface area contributed by atoms with Crippen molar-refractivity contribution >= 4 is 11.9 Å². The van der Waals surface area contributed by atoms with Gasteiger partial charge < -0.3 is 20.3 Å². The van der Waals surface area contributed by atoms with Gasteiger partial charge in [-0.25, -0.2) is 0 Å². The summed E-state index contributed by atoms with van der Waals surface area (Å²) in [6, 6.07) is -0.648. The Morgan fingerprint density at radius 3 is 1.07 bits per heavy atom. The number of carbonyl (C=O) groups excluding carboxylic acids is 2. The number of hydrogen-bond donors (Lipinski definition) is 3. The molecule has 0 aromatic rings. The Bertz CT molecular complexity index is 1040. The lowest BCUT2D eigenvalue weighted by Gasteiger charge is -2.19. The van der Waals surface area contributed by atoms with E-state index in [0.29, 0.717) is 19.4 Å². The summed E-state index contributed by atoms with van der Waals surface area (Å²) in [7, 11) is 0. The highest BCUT2D eigenvalue weighted by molar-refractivity contribution is 5.76. The lowest BCUT2D eigenvalue weighted by atomic mass is 10.0. The molecule has 2 unspecified atom stereocenters. The molecule has 3 N–H and O–H groups in total. The van der Waals surface area contributed by atoms with Crippen molar-refractivity contribution in [1.29, 1.82) is 0 Å². The minimum Gasteiger partial charge on any atom is -0.466 e. The van der Waals surface area contributed by atoms with E-state index in [0.717, 1.165) is 70.6 Å². The average molecular weight is 945 g/mol. The van der Waals surface area contributed by atoms with E-state index >= 15 is 0 Å². The number of nitrogens with one attached hydrogen (secondary N) is 1. The number of hydrogen-bond acceptors (Lipinski definition) is 5. The van der Waals surface area contributed by atoms with E-state index < -0.39 is 12.1 Å². The quantitative estimate of drug-likeness (QED) is 0.0321. The molecule has 0 saturated carbocycles. The predicted octanol–water partition coefficient (Wildman–Crippen LogP) is 18.6. The standard InChI is InChI=1S/C61H117NO5/c1-3-5-7-9-11-13-15-17-19-21-23-24-26-29-33-37-41-45-49-53-59(64)58(57-63)62-60(65)54-50-46-42-38-34-30-28-32-36-40-44-48-52-56-67-61(66)55-51-47-43-39-35-31-27-25-22-20-18-16-14-12-10-8-6-4-2/h30,34,49,53,58-59,63-64H,3-29,31-33,35-48,50-52,54-57H2,1-2H3,(H,62,65)/b34-30-,53-49+. The number of unbranched alkanes of at least 4 members (excludes halogenated alkanes) is 43. The van der Waals surface area contributed by atoms with Gasteiger partial charge in [-0.1, -0.05) is 282 Å². The van der Waals surface area contributed by atoms with E-state index in [-0.39, 0.29) is 18.5 Å². The molecule has 67 heavy (non-hydrogen) atoms. The van der Waals surface area contributed by atoms with Gasteiger partial charge in [0.05, 0.1) is 25.4 Å². The van der Waals surface area contributed by atoms with Crippen LogP contribution in [0.4, 0.5) is 0 Å². The molecule has 6 heteroatoms. The van der Waals surface area contributed by atoms with Gasteiger partial charge in [0.15, 0.2) is 0 Å². The van der Waals surface area contributed by atoms with Crippen molar-refractivity contribution in [3.05, 3.63) is 24.3 Å². The Kier molecular flexibility index (Phi) is 55.5. The largest absolute Gasteiger partial charge is 0.466 e. The molecule has 0 aromatic heterocycles. The molecule has 0 heterocycles. The Balaban J connectivity index is 3.49. The molecule has 0 saturated heterocycles. The number of rotatable bonds is 56. The topological polar surface area (TPSA) is 95.9 Å². The van der Waals surface area contributed by atoms with Crippen molar-refractivity contribution in [2.75, 3.05) is 13.2 Å². The van der Waals surface area contributed by atoms with E-state index in [9.17, 15) is 19.8 Å². The van der Waals surface area contributed by atoms with Crippen LogP contribution in [0, 0.1) is 0 Å². The molecule has 0 aliphatic carbocycles. The second kappa shape index (κ2) is 56.9. The van der Waals surface area contributed by atoms with Crippen LogP contribution in [-0.2, 0) is 14.3 Å². The van der Waals surface area contributed by atoms with E-state index in [1.165, 1.54) is 231 Å². The van der Waals surface area contributed by atoms with Gasteiger partial charge >= 0.3 is 5.97 Å². The number of aliphatic hydroxyl groups is 2. The van der Waals surface area contributed by atoms with Gasteiger partial charge in [0.25, 0.3) is 0 Å². The summed E-state index contributed by atoms with van der Waals surface area (Å²) in [5, 5.41) is 23.1. The summed E-state index contributed by atoms with van der Waals surface area (Å²) >= 11 is 0. The third-order valence-corrected chi connectivity index (χ3v) is 14.0. The fraction of sp³-hybridized carbons (Fsp3) is 0.902. The third kappa shape index (κ3) is 53.5. The first-order valence-corrected chi connectivity index (χ1v) is 30.1. The Morgan fingerprint density at radius 2 is 0.701 bits per heavy atom. The molecular weight excluding hydrogens is 827 g/mol. The first kappa shape index (κ1) is 65.3. The first-order valence-electron chi connectivity index (χ1n) is 30.1. The molecule has 0 bridgehead atoms. The van der Waals surface area contributed by atoms with Crippen molar-refractivity contribution in [2.24, 2.45) is 0 Å². The summed E-state index contributed by atoms with van der Waals surface area (Å²) < 4.78 is 5.48. The summed E-state index contributed by atoms with van der Waals surface area (Å²) in [5.41, 5.74) is 0. The summed E-state index contributed by atoms with van der Waals surface area (Å²) in [4.78, 5) is 24.6. The van der Waals surface area contributed by atoms with Crippen LogP contribution in [0.3, 0.4) is 0 Å². The van der Waals surface area contributed by atoms with Crippen LogP contribution < -0.4 is 5.32 Å². The number of allylic oxidation sites excluding steroid dienone is 3. The Morgan fingerprint density at radius 1 is 0.403 bits per heavy atom. The fourth-order valence-corrected chi connectivity index (χ4v) is 9.34. The molecular formula is C61H117NO5. The normalized spacial score (nSPS) is 12.7. The highest BCUT2D eigenvalue weighted by Crippen LogP contribution is 2.17. The smallest absolute Gasteiger partial charge is 0.305 e. The molecule has 0 rings (SSSR count). The van der Waals surface area contributed by atoms with E-state index in [2.05, 4.69) is 31.3 Å². The lowest BCUT2D eigenvalue weighted by Crippen LogP contribution is -2.45. The Labute approximate surface area is 418 Å². The second-order valence-electron chi connectivity index (χ2n) is 20.7. The van der Waals surface area contributed by atoms with Crippen LogP contribution in [0.2, 0.25) is 0 Å². The molecule has 1 amide bonds. The van der Waals surface area contributed by atoms with Crippen LogP contribution in [0.1, 0.15) is 328 Å². The highest BCUT2D eigenvalue weighted by Gasteiger charge is 2.18. The predicted molar refractivity (Wildman–Crippen MR) is 292 cm³/mol. The van der Waals surface area contributed by atoms with Crippen molar-refractivity contribution in [1.82, 2.24) is 5.32 Å². The number of aliphatic hydroxyl groups excluding tert-OH is 2. The molecule has 0 aliphatic heterocycles. The van der Waals surface area contributed by atoms with Crippen molar-refractivity contribution in [3.63, 3.8) is 0 Å². The van der Waals surface area contributed by atoms with E-state index in [1.54, 1.807) is 6.08 Å². The maximum Gasteiger partial charge on any atom is 0.305 e. The zero-order valence-corrected chi connectivity index (χ0v) is 45.1. The van der Waals surface area contributed by atoms with Crippen LogP contribution in [0.25, 0.3) is 0 Å². The molecule has 6 nitrogen and oxygen atoms in total. The molecule has 0 fully saturated rings. The van der Waals surface area contributed by atoms with Gasteiger partial charge in [-0.15, -0.1) is 0 Å². The van der Waals surface area contributed by atoms with Gasteiger partial charge in [0, 0.05) is 12.8 Å². The van der Waals surface area contributed by atoms with E-state index in [4.69, 9.17) is 4.74 Å². The van der Waals surface area contributed by atoms with Crippen molar-refractivity contribution in [2.45, 2.75) is 341 Å². The van der Waals surface area contributed by atoms with E-state index in [1.807, 2.05) is 6.08 Å². The highest BCUT2D eigenvalue weighted by atomic mass is 16.5. The minimum absolute atomic E-state index is 0.00915. The summed E-state index contributed by atoms with van der Waals surface area (Å²) in [6.45, 7) is 4.89. The second-order valence-corrected chi connectivity index (χ2v) is 20.7. The van der Waals surface area contributed by atoms with Crippen molar-refractivity contribution < 1.29 is 24.5 Å². The minimum atomic E-state index is -0.862. The summed E-state index contributed by atoms with van der Waals surface area (Å²) in [6.07, 6.45) is 69.2. The van der Waals surface area contributed by atoms with Crippen molar-refractivity contribution in [3.8, 4) is 0 Å².